The van der Waals surface area contributed by atoms with E-state index in [1.165, 1.54) is 25.0 Å². The lowest BCUT2D eigenvalue weighted by molar-refractivity contribution is -0.384. The Morgan fingerprint density at radius 1 is 1.47 bits per heavy atom. The second-order valence-corrected chi connectivity index (χ2v) is 5.44. The fourth-order valence-electron chi connectivity index (χ4n) is 2.76. The Kier molecular flexibility index (Phi) is 4.35. The van der Waals surface area contributed by atoms with E-state index in [0.717, 1.165) is 24.8 Å². The third kappa shape index (κ3) is 3.66. The highest BCUT2D eigenvalue weighted by Crippen LogP contribution is 2.29. The number of rotatable bonds is 4. The van der Waals surface area contributed by atoms with Crippen molar-refractivity contribution in [2.75, 3.05) is 11.9 Å². The van der Waals surface area contributed by atoms with Crippen LogP contribution < -0.4 is 5.32 Å². The van der Waals surface area contributed by atoms with Gasteiger partial charge < -0.3 is 5.32 Å². The Morgan fingerprint density at radius 2 is 2.26 bits per heavy atom. The molecular formula is C14H19FN2O2. The summed E-state index contributed by atoms with van der Waals surface area (Å²) in [5.41, 5.74) is 0.147. The van der Waals surface area contributed by atoms with Gasteiger partial charge in [-0.1, -0.05) is 19.8 Å². The monoisotopic (exact) mass is 266 g/mol. The van der Waals surface area contributed by atoms with E-state index >= 15 is 0 Å². The molecule has 1 aromatic carbocycles. The van der Waals surface area contributed by atoms with E-state index in [2.05, 4.69) is 12.2 Å². The van der Waals surface area contributed by atoms with Crippen LogP contribution in [-0.2, 0) is 0 Å². The van der Waals surface area contributed by atoms with Crippen LogP contribution in [0.5, 0.6) is 0 Å². The second-order valence-electron chi connectivity index (χ2n) is 5.44. The topological polar surface area (TPSA) is 55.2 Å². The number of nitrogens with one attached hydrogen (secondary N) is 1. The van der Waals surface area contributed by atoms with Gasteiger partial charge in [-0.25, -0.2) is 4.39 Å². The minimum Gasteiger partial charge on any atom is -0.382 e. The van der Waals surface area contributed by atoms with Gasteiger partial charge in [-0.3, -0.25) is 10.1 Å². The molecule has 0 bridgehead atoms. The molecule has 1 aliphatic carbocycles. The van der Waals surface area contributed by atoms with Crippen molar-refractivity contribution < 1.29 is 9.31 Å². The SMILES string of the molecule is CC1CCCC(CNc2cc([N+](=O)[O-])ccc2F)C1. The van der Waals surface area contributed by atoms with Crippen LogP contribution in [0.15, 0.2) is 18.2 Å². The fraction of sp³-hybridized carbons (Fsp3) is 0.571. The van der Waals surface area contributed by atoms with Gasteiger partial charge in [0.1, 0.15) is 5.82 Å². The molecule has 0 aliphatic heterocycles. The number of nitro groups is 1. The number of nitro benzene ring substituents is 1. The standard InChI is InChI=1S/C14H19FN2O2/c1-10-3-2-4-11(7-10)9-16-14-8-12(17(18)19)5-6-13(14)15/h5-6,8,10-11,16H,2-4,7,9H2,1H3. The summed E-state index contributed by atoms with van der Waals surface area (Å²) in [6, 6.07) is 3.59. The number of non-ortho nitro benzene ring substituents is 1. The van der Waals surface area contributed by atoms with Crippen molar-refractivity contribution in [2.45, 2.75) is 32.6 Å². The molecule has 0 saturated heterocycles. The molecule has 1 N–H and O–H groups in total. The van der Waals surface area contributed by atoms with Gasteiger partial charge in [0.25, 0.3) is 5.69 Å². The maximum Gasteiger partial charge on any atom is 0.271 e. The first-order valence-corrected chi connectivity index (χ1v) is 6.74. The van der Waals surface area contributed by atoms with Crippen LogP contribution in [-0.4, -0.2) is 11.5 Å². The highest BCUT2D eigenvalue weighted by Gasteiger charge is 2.19. The zero-order valence-electron chi connectivity index (χ0n) is 11.1. The zero-order valence-corrected chi connectivity index (χ0v) is 11.1. The summed E-state index contributed by atoms with van der Waals surface area (Å²) in [7, 11) is 0. The quantitative estimate of drug-likeness (QED) is 0.662. The summed E-state index contributed by atoms with van der Waals surface area (Å²) in [6.07, 6.45) is 4.77. The molecule has 0 amide bonds. The first-order valence-electron chi connectivity index (χ1n) is 6.74. The van der Waals surface area contributed by atoms with Crippen LogP contribution in [0.25, 0.3) is 0 Å². The highest BCUT2D eigenvalue weighted by molar-refractivity contribution is 5.52. The summed E-state index contributed by atoms with van der Waals surface area (Å²) in [4.78, 5) is 10.2. The molecule has 0 radical (unpaired) electrons. The van der Waals surface area contributed by atoms with Gasteiger partial charge in [0.15, 0.2) is 0 Å². The van der Waals surface area contributed by atoms with Gasteiger partial charge >= 0.3 is 0 Å². The largest absolute Gasteiger partial charge is 0.382 e. The third-order valence-corrected chi connectivity index (χ3v) is 3.79. The van der Waals surface area contributed by atoms with Crippen LogP contribution in [0, 0.1) is 27.8 Å². The molecule has 0 aromatic heterocycles. The molecule has 1 fully saturated rings. The number of hydrogen-bond donors (Lipinski definition) is 1. The number of nitrogens with zero attached hydrogens (tertiary/aromatic N) is 1. The van der Waals surface area contributed by atoms with E-state index in [1.54, 1.807) is 0 Å². The van der Waals surface area contributed by atoms with Gasteiger partial charge in [0, 0.05) is 18.7 Å². The summed E-state index contributed by atoms with van der Waals surface area (Å²) in [5, 5.41) is 13.7. The van der Waals surface area contributed by atoms with E-state index < -0.39 is 10.7 Å². The normalized spacial score (nSPS) is 23.1. The van der Waals surface area contributed by atoms with Crippen molar-refractivity contribution in [3.8, 4) is 0 Å². The smallest absolute Gasteiger partial charge is 0.271 e. The number of halogens is 1. The van der Waals surface area contributed by atoms with E-state index in [1.807, 2.05) is 0 Å². The molecule has 4 nitrogen and oxygen atoms in total. The van der Waals surface area contributed by atoms with Crippen molar-refractivity contribution >= 4 is 11.4 Å². The van der Waals surface area contributed by atoms with Crippen LogP contribution >= 0.6 is 0 Å². The lowest BCUT2D eigenvalue weighted by Crippen LogP contribution is -2.21. The van der Waals surface area contributed by atoms with E-state index in [4.69, 9.17) is 0 Å². The maximum absolute atomic E-state index is 13.6. The Balaban J connectivity index is 1.98. The molecule has 1 aliphatic rings. The average Bonchev–Trinajstić information content (AvgIpc) is 2.37. The summed E-state index contributed by atoms with van der Waals surface area (Å²) in [5.74, 6) is 0.812. The lowest BCUT2D eigenvalue weighted by atomic mass is 9.82. The van der Waals surface area contributed by atoms with Crippen LogP contribution in [0.1, 0.15) is 32.6 Å². The van der Waals surface area contributed by atoms with E-state index in [-0.39, 0.29) is 11.4 Å². The number of hydrogen-bond acceptors (Lipinski definition) is 3. The molecule has 5 heteroatoms. The van der Waals surface area contributed by atoms with Crippen LogP contribution in [0.4, 0.5) is 15.8 Å². The molecule has 2 unspecified atom stereocenters. The molecule has 0 spiro atoms. The molecule has 0 heterocycles. The van der Waals surface area contributed by atoms with Gasteiger partial charge in [-0.2, -0.15) is 0 Å². The van der Waals surface area contributed by atoms with Gasteiger partial charge in [-0.05, 0) is 30.7 Å². The zero-order chi connectivity index (χ0) is 13.8. The summed E-state index contributed by atoms with van der Waals surface area (Å²) < 4.78 is 13.6. The van der Waals surface area contributed by atoms with Crippen molar-refractivity contribution in [3.05, 3.63) is 34.1 Å². The maximum atomic E-state index is 13.6. The average molecular weight is 266 g/mol. The summed E-state index contributed by atoms with van der Waals surface area (Å²) >= 11 is 0. The molecule has 2 rings (SSSR count). The first kappa shape index (κ1) is 13.8. The molecule has 19 heavy (non-hydrogen) atoms. The minimum absolute atomic E-state index is 0.0825. The van der Waals surface area contributed by atoms with Crippen molar-refractivity contribution in [1.29, 1.82) is 0 Å². The Bertz CT molecular complexity index is 465. The predicted octanol–water partition coefficient (Wildman–Crippen LogP) is 3.97. The van der Waals surface area contributed by atoms with Crippen LogP contribution in [0.3, 0.4) is 0 Å². The number of benzene rings is 1. The highest BCUT2D eigenvalue weighted by atomic mass is 19.1. The molecular weight excluding hydrogens is 247 g/mol. The predicted molar refractivity (Wildman–Crippen MR) is 72.7 cm³/mol. The summed E-state index contributed by atoms with van der Waals surface area (Å²) in [6.45, 7) is 2.92. The van der Waals surface area contributed by atoms with E-state index in [0.29, 0.717) is 12.5 Å². The molecule has 2 atom stereocenters. The van der Waals surface area contributed by atoms with Crippen molar-refractivity contribution in [2.24, 2.45) is 11.8 Å². The van der Waals surface area contributed by atoms with Gasteiger partial charge in [0.2, 0.25) is 0 Å². The second kappa shape index (κ2) is 5.99. The van der Waals surface area contributed by atoms with Crippen LogP contribution in [0.2, 0.25) is 0 Å². The molecule has 104 valence electrons. The van der Waals surface area contributed by atoms with Gasteiger partial charge in [0.05, 0.1) is 10.6 Å². The Labute approximate surface area is 112 Å². The third-order valence-electron chi connectivity index (χ3n) is 3.79. The molecule has 1 saturated carbocycles. The first-order chi connectivity index (χ1) is 9.06. The fourth-order valence-corrected chi connectivity index (χ4v) is 2.76. The Hall–Kier alpha value is -1.65. The molecule has 1 aromatic rings. The van der Waals surface area contributed by atoms with Gasteiger partial charge in [-0.15, -0.1) is 0 Å². The Morgan fingerprint density at radius 3 is 2.95 bits per heavy atom. The van der Waals surface area contributed by atoms with Crippen molar-refractivity contribution in [3.63, 3.8) is 0 Å². The number of anilines is 1. The van der Waals surface area contributed by atoms with Crippen molar-refractivity contribution in [1.82, 2.24) is 0 Å². The van der Waals surface area contributed by atoms with E-state index in [9.17, 15) is 14.5 Å². The minimum atomic E-state index is -0.507. The lowest BCUT2D eigenvalue weighted by Gasteiger charge is -2.27.